The van der Waals surface area contributed by atoms with Crippen molar-refractivity contribution in [1.82, 2.24) is 0 Å². The van der Waals surface area contributed by atoms with Gasteiger partial charge < -0.3 is 5.11 Å². The van der Waals surface area contributed by atoms with Gasteiger partial charge in [-0.25, -0.2) is 0 Å². The lowest BCUT2D eigenvalue weighted by molar-refractivity contribution is -0.142. The molecule has 0 aliphatic carbocycles. The Morgan fingerprint density at radius 3 is 2.55 bits per heavy atom. The van der Waals surface area contributed by atoms with Crippen LogP contribution in [-0.4, -0.2) is 16.8 Å². The van der Waals surface area contributed by atoms with Crippen molar-refractivity contribution in [3.8, 4) is 0 Å². The summed E-state index contributed by atoms with van der Waals surface area (Å²) in [6.45, 7) is 2.07. The highest BCUT2D eigenvalue weighted by Crippen LogP contribution is 2.13. The highest BCUT2D eigenvalue weighted by Gasteiger charge is 2.14. The lowest BCUT2D eigenvalue weighted by Crippen LogP contribution is -2.13. The Bertz CT molecular complexity index is 115. The number of carboxylic acid groups (broad SMARTS) is 1. The standard InChI is InChI=1S/C8H16O2S/c1-2-3-4-7(5-6-11)8(9)10/h7,11H,2-6H2,1H3,(H,9,10). The number of hydrogen-bond donors (Lipinski definition) is 2. The first-order chi connectivity index (χ1) is 5.22. The van der Waals surface area contributed by atoms with Crippen molar-refractivity contribution in [3.63, 3.8) is 0 Å². The number of carbonyl (C=O) groups is 1. The van der Waals surface area contributed by atoms with E-state index in [0.717, 1.165) is 19.3 Å². The number of thiol groups is 1. The number of carboxylic acids is 1. The van der Waals surface area contributed by atoms with Crippen molar-refractivity contribution in [2.75, 3.05) is 5.75 Å². The molecule has 0 saturated heterocycles. The third-order valence-electron chi connectivity index (χ3n) is 1.73. The molecule has 0 aromatic rings. The second-order valence-electron chi connectivity index (χ2n) is 2.69. The van der Waals surface area contributed by atoms with Crippen molar-refractivity contribution < 1.29 is 9.90 Å². The quantitative estimate of drug-likeness (QED) is 0.609. The Hall–Kier alpha value is -0.180. The Kier molecular flexibility index (Phi) is 6.42. The van der Waals surface area contributed by atoms with Gasteiger partial charge in [-0.3, -0.25) is 4.79 Å². The SMILES string of the molecule is CCCCC(CCS)C(=O)O. The van der Waals surface area contributed by atoms with Crippen molar-refractivity contribution in [2.45, 2.75) is 32.6 Å². The molecule has 1 unspecified atom stereocenters. The average molecular weight is 176 g/mol. The van der Waals surface area contributed by atoms with E-state index in [2.05, 4.69) is 19.6 Å². The van der Waals surface area contributed by atoms with Crippen molar-refractivity contribution in [3.05, 3.63) is 0 Å². The monoisotopic (exact) mass is 176 g/mol. The molecule has 66 valence electrons. The van der Waals surface area contributed by atoms with E-state index < -0.39 is 5.97 Å². The van der Waals surface area contributed by atoms with Gasteiger partial charge >= 0.3 is 5.97 Å². The van der Waals surface area contributed by atoms with Gasteiger partial charge in [0.2, 0.25) is 0 Å². The maximum Gasteiger partial charge on any atom is 0.306 e. The maximum atomic E-state index is 10.6. The minimum atomic E-state index is -0.674. The van der Waals surface area contributed by atoms with Gasteiger partial charge in [0, 0.05) is 0 Å². The average Bonchev–Trinajstić information content (AvgIpc) is 1.97. The largest absolute Gasteiger partial charge is 0.481 e. The molecule has 0 aliphatic heterocycles. The minimum Gasteiger partial charge on any atom is -0.481 e. The highest BCUT2D eigenvalue weighted by atomic mass is 32.1. The topological polar surface area (TPSA) is 37.3 Å². The van der Waals surface area contributed by atoms with Gasteiger partial charge in [0.05, 0.1) is 5.92 Å². The summed E-state index contributed by atoms with van der Waals surface area (Å²) in [5.74, 6) is -0.180. The predicted molar refractivity (Wildman–Crippen MR) is 49.1 cm³/mol. The van der Waals surface area contributed by atoms with Crippen LogP contribution in [0, 0.1) is 5.92 Å². The minimum absolute atomic E-state index is 0.174. The summed E-state index contributed by atoms with van der Waals surface area (Å²) in [5, 5.41) is 8.70. The van der Waals surface area contributed by atoms with E-state index in [4.69, 9.17) is 5.11 Å². The van der Waals surface area contributed by atoms with E-state index in [1.54, 1.807) is 0 Å². The zero-order valence-electron chi connectivity index (χ0n) is 6.92. The predicted octanol–water partition coefficient (Wildman–Crippen LogP) is 2.20. The Morgan fingerprint density at radius 1 is 1.55 bits per heavy atom. The zero-order chi connectivity index (χ0) is 8.69. The van der Waals surface area contributed by atoms with Crippen LogP contribution < -0.4 is 0 Å². The van der Waals surface area contributed by atoms with Gasteiger partial charge in [-0.05, 0) is 18.6 Å². The van der Waals surface area contributed by atoms with Crippen LogP contribution in [-0.2, 0) is 4.79 Å². The lowest BCUT2D eigenvalue weighted by atomic mass is 10.00. The fourth-order valence-corrected chi connectivity index (χ4v) is 1.31. The molecule has 1 N–H and O–H groups in total. The van der Waals surface area contributed by atoms with Crippen LogP contribution in [0.1, 0.15) is 32.6 Å². The summed E-state index contributed by atoms with van der Waals surface area (Å²) in [4.78, 5) is 10.6. The maximum absolute atomic E-state index is 10.6. The number of unbranched alkanes of at least 4 members (excludes halogenated alkanes) is 1. The van der Waals surface area contributed by atoms with Crippen LogP contribution in [0.15, 0.2) is 0 Å². The molecule has 0 fully saturated rings. The molecule has 11 heavy (non-hydrogen) atoms. The van der Waals surface area contributed by atoms with Gasteiger partial charge in [0.15, 0.2) is 0 Å². The molecular formula is C8H16O2S. The first-order valence-electron chi connectivity index (χ1n) is 4.06. The van der Waals surface area contributed by atoms with E-state index in [9.17, 15) is 4.79 Å². The van der Waals surface area contributed by atoms with E-state index in [1.807, 2.05) is 0 Å². The second kappa shape index (κ2) is 6.53. The highest BCUT2D eigenvalue weighted by molar-refractivity contribution is 7.80. The Labute approximate surface area is 73.4 Å². The Balaban J connectivity index is 3.60. The molecule has 3 heteroatoms. The van der Waals surface area contributed by atoms with Crippen LogP contribution in [0.5, 0.6) is 0 Å². The summed E-state index contributed by atoms with van der Waals surface area (Å²) < 4.78 is 0. The van der Waals surface area contributed by atoms with Crippen LogP contribution in [0.2, 0.25) is 0 Å². The summed E-state index contributed by atoms with van der Waals surface area (Å²) in [6.07, 6.45) is 3.56. The Morgan fingerprint density at radius 2 is 2.18 bits per heavy atom. The van der Waals surface area contributed by atoms with Crippen LogP contribution >= 0.6 is 12.6 Å². The zero-order valence-corrected chi connectivity index (χ0v) is 7.81. The normalized spacial score (nSPS) is 12.9. The van der Waals surface area contributed by atoms with E-state index in [0.29, 0.717) is 12.2 Å². The first-order valence-corrected chi connectivity index (χ1v) is 4.69. The van der Waals surface area contributed by atoms with Gasteiger partial charge in [-0.15, -0.1) is 0 Å². The second-order valence-corrected chi connectivity index (χ2v) is 3.14. The molecule has 1 atom stereocenters. The number of aliphatic carboxylic acids is 1. The molecular weight excluding hydrogens is 160 g/mol. The van der Waals surface area contributed by atoms with E-state index in [1.165, 1.54) is 0 Å². The molecule has 0 aromatic carbocycles. The smallest absolute Gasteiger partial charge is 0.306 e. The van der Waals surface area contributed by atoms with Gasteiger partial charge in [0.25, 0.3) is 0 Å². The molecule has 2 nitrogen and oxygen atoms in total. The van der Waals surface area contributed by atoms with Crippen molar-refractivity contribution in [1.29, 1.82) is 0 Å². The molecule has 0 radical (unpaired) electrons. The molecule has 0 aliphatic rings. The fourth-order valence-electron chi connectivity index (χ4n) is 0.998. The van der Waals surface area contributed by atoms with E-state index in [-0.39, 0.29) is 5.92 Å². The van der Waals surface area contributed by atoms with Crippen LogP contribution in [0.25, 0.3) is 0 Å². The fraction of sp³-hybridized carbons (Fsp3) is 0.875. The lowest BCUT2D eigenvalue weighted by Gasteiger charge is -2.08. The van der Waals surface area contributed by atoms with Gasteiger partial charge in [0.1, 0.15) is 0 Å². The molecule has 0 bridgehead atoms. The van der Waals surface area contributed by atoms with Gasteiger partial charge in [-0.1, -0.05) is 19.8 Å². The van der Waals surface area contributed by atoms with E-state index >= 15 is 0 Å². The molecule has 0 saturated carbocycles. The van der Waals surface area contributed by atoms with Crippen molar-refractivity contribution in [2.24, 2.45) is 5.92 Å². The van der Waals surface area contributed by atoms with Gasteiger partial charge in [-0.2, -0.15) is 12.6 Å². The molecule has 0 aromatic heterocycles. The third kappa shape index (κ3) is 5.13. The van der Waals surface area contributed by atoms with Crippen LogP contribution in [0.4, 0.5) is 0 Å². The molecule has 0 rings (SSSR count). The summed E-state index contributed by atoms with van der Waals surface area (Å²) in [5.41, 5.74) is 0. The molecule has 0 spiro atoms. The molecule has 0 amide bonds. The summed E-state index contributed by atoms with van der Waals surface area (Å²) in [6, 6.07) is 0. The molecule has 0 heterocycles. The van der Waals surface area contributed by atoms with Crippen LogP contribution in [0.3, 0.4) is 0 Å². The number of hydrogen-bond acceptors (Lipinski definition) is 2. The number of rotatable bonds is 6. The summed E-state index contributed by atoms with van der Waals surface area (Å²) in [7, 11) is 0. The first kappa shape index (κ1) is 10.8. The summed E-state index contributed by atoms with van der Waals surface area (Å²) >= 11 is 4.01. The van der Waals surface area contributed by atoms with Crippen molar-refractivity contribution >= 4 is 18.6 Å². The third-order valence-corrected chi connectivity index (χ3v) is 1.99.